The van der Waals surface area contributed by atoms with Crippen molar-refractivity contribution in [3.8, 4) is 11.1 Å². The van der Waals surface area contributed by atoms with Gasteiger partial charge in [-0.05, 0) is 50.9 Å². The summed E-state index contributed by atoms with van der Waals surface area (Å²) in [5.41, 5.74) is 6.99. The van der Waals surface area contributed by atoms with E-state index in [9.17, 15) is 0 Å². The number of benzene rings is 7. The topological polar surface area (TPSA) is 49.9 Å². The van der Waals surface area contributed by atoms with E-state index in [1.165, 1.54) is 21.5 Å². The van der Waals surface area contributed by atoms with Crippen LogP contribution in [0.5, 0.6) is 0 Å². The van der Waals surface area contributed by atoms with Gasteiger partial charge in [-0.1, -0.05) is 133 Å². The summed E-state index contributed by atoms with van der Waals surface area (Å²) in [7, 11) is 0. The molecule has 1 aliphatic rings. The van der Waals surface area contributed by atoms with Gasteiger partial charge in [0.1, 0.15) is 22.8 Å². The van der Waals surface area contributed by atoms with E-state index in [-0.39, 0.29) is 0 Å². The molecule has 9 rings (SSSR count). The Balaban J connectivity index is 1.27. The highest BCUT2D eigenvalue weighted by Crippen LogP contribution is 2.37. The Morgan fingerprint density at radius 1 is 0.467 bits per heavy atom. The highest BCUT2D eigenvalue weighted by molar-refractivity contribution is 6.20. The summed E-state index contributed by atoms with van der Waals surface area (Å²) in [5, 5.41) is 10.6. The number of nitrogens with zero attached hydrogens (tertiary/aromatic N) is 2. The minimum absolute atomic E-state index is 0.479. The standard InChI is InChI=1S/C41H27N3O/c1-2-11-26(12-3-1)30-14-6-7-16-32(30)40-42-39(29-24-23-28-22-21-27-13-4-5-15-31(27)35(28)25-29)43-41(44-40)34-18-10-20-37-38(34)33-17-8-9-19-36(33)45-37/h1-25,41H,(H,42,43,44). The molecule has 1 atom stereocenters. The van der Waals surface area contributed by atoms with Gasteiger partial charge in [0.15, 0.2) is 6.17 Å². The van der Waals surface area contributed by atoms with Crippen molar-refractivity contribution >= 4 is 55.2 Å². The molecular weight excluding hydrogens is 550 g/mol. The van der Waals surface area contributed by atoms with Crippen molar-refractivity contribution in [1.82, 2.24) is 5.32 Å². The van der Waals surface area contributed by atoms with E-state index in [0.717, 1.165) is 61.4 Å². The summed E-state index contributed by atoms with van der Waals surface area (Å²) in [6.45, 7) is 0. The normalized spacial score (nSPS) is 14.9. The smallest absolute Gasteiger partial charge is 0.170 e. The van der Waals surface area contributed by atoms with Gasteiger partial charge in [0, 0.05) is 27.5 Å². The van der Waals surface area contributed by atoms with Crippen LogP contribution in [0.3, 0.4) is 0 Å². The van der Waals surface area contributed by atoms with Crippen molar-refractivity contribution in [2.75, 3.05) is 0 Å². The van der Waals surface area contributed by atoms with Crippen LogP contribution in [0, 0.1) is 0 Å². The van der Waals surface area contributed by atoms with E-state index in [2.05, 4.69) is 127 Å². The van der Waals surface area contributed by atoms with Crippen LogP contribution in [0.15, 0.2) is 166 Å². The zero-order chi connectivity index (χ0) is 29.7. The van der Waals surface area contributed by atoms with Crippen LogP contribution in [0.1, 0.15) is 22.9 Å². The van der Waals surface area contributed by atoms with E-state index in [1.807, 2.05) is 30.3 Å². The highest BCUT2D eigenvalue weighted by atomic mass is 16.3. The number of hydrogen-bond acceptors (Lipinski definition) is 4. The molecule has 1 N–H and O–H groups in total. The fourth-order valence-electron chi connectivity index (χ4n) is 6.60. The van der Waals surface area contributed by atoms with Gasteiger partial charge < -0.3 is 9.73 Å². The number of fused-ring (bicyclic) bond motifs is 6. The molecule has 0 saturated carbocycles. The molecule has 1 unspecified atom stereocenters. The number of hydrogen-bond donors (Lipinski definition) is 1. The third-order valence-electron chi connectivity index (χ3n) is 8.74. The molecule has 8 aromatic rings. The molecular formula is C41H27N3O. The van der Waals surface area contributed by atoms with Crippen molar-refractivity contribution in [3.63, 3.8) is 0 Å². The number of rotatable bonds is 4. The molecule has 212 valence electrons. The van der Waals surface area contributed by atoms with Crippen molar-refractivity contribution in [2.45, 2.75) is 6.17 Å². The lowest BCUT2D eigenvalue weighted by Gasteiger charge is -2.24. The van der Waals surface area contributed by atoms with Crippen LogP contribution in [0.2, 0.25) is 0 Å². The van der Waals surface area contributed by atoms with Gasteiger partial charge in [0.05, 0.1) is 0 Å². The lowest BCUT2D eigenvalue weighted by atomic mass is 9.97. The molecule has 4 heteroatoms. The van der Waals surface area contributed by atoms with Crippen LogP contribution in [-0.2, 0) is 0 Å². The molecule has 0 bridgehead atoms. The number of para-hydroxylation sites is 1. The maximum atomic E-state index is 6.26. The molecule has 0 spiro atoms. The summed E-state index contributed by atoms with van der Waals surface area (Å²) in [4.78, 5) is 10.6. The van der Waals surface area contributed by atoms with Crippen LogP contribution in [-0.4, -0.2) is 11.7 Å². The molecule has 1 aromatic heterocycles. The molecule has 0 amide bonds. The van der Waals surface area contributed by atoms with Gasteiger partial charge >= 0.3 is 0 Å². The minimum atomic E-state index is -0.479. The first-order chi connectivity index (χ1) is 22.3. The number of nitrogens with one attached hydrogen (secondary N) is 1. The third kappa shape index (κ3) is 4.30. The van der Waals surface area contributed by atoms with E-state index in [0.29, 0.717) is 0 Å². The Labute approximate surface area is 260 Å². The van der Waals surface area contributed by atoms with Crippen LogP contribution >= 0.6 is 0 Å². The van der Waals surface area contributed by atoms with E-state index in [1.54, 1.807) is 0 Å². The number of aliphatic imine (C=N–C) groups is 2. The lowest BCUT2D eigenvalue weighted by Crippen LogP contribution is -2.36. The second-order valence-electron chi connectivity index (χ2n) is 11.4. The first-order valence-electron chi connectivity index (χ1n) is 15.2. The molecule has 2 heterocycles. The van der Waals surface area contributed by atoms with Gasteiger partial charge in [-0.15, -0.1) is 0 Å². The van der Waals surface area contributed by atoms with Gasteiger partial charge in [-0.2, -0.15) is 0 Å². The fourth-order valence-corrected chi connectivity index (χ4v) is 6.60. The first-order valence-corrected chi connectivity index (χ1v) is 15.2. The Morgan fingerprint density at radius 3 is 2.02 bits per heavy atom. The molecule has 45 heavy (non-hydrogen) atoms. The third-order valence-corrected chi connectivity index (χ3v) is 8.74. The Kier molecular flexibility index (Phi) is 5.85. The average Bonchev–Trinajstić information content (AvgIpc) is 3.50. The second-order valence-corrected chi connectivity index (χ2v) is 11.4. The van der Waals surface area contributed by atoms with E-state index < -0.39 is 6.17 Å². The fraction of sp³-hybridized carbons (Fsp3) is 0.0244. The van der Waals surface area contributed by atoms with Crippen LogP contribution in [0.25, 0.3) is 54.6 Å². The van der Waals surface area contributed by atoms with Crippen LogP contribution in [0.4, 0.5) is 0 Å². The Bertz CT molecular complexity index is 2470. The van der Waals surface area contributed by atoms with Crippen molar-refractivity contribution in [3.05, 3.63) is 168 Å². The maximum absolute atomic E-state index is 6.26. The molecule has 7 aromatic carbocycles. The van der Waals surface area contributed by atoms with Gasteiger partial charge in [0.2, 0.25) is 0 Å². The zero-order valence-electron chi connectivity index (χ0n) is 24.3. The Hall–Kier alpha value is -6.00. The molecule has 0 aliphatic carbocycles. The Morgan fingerprint density at radius 2 is 1.13 bits per heavy atom. The monoisotopic (exact) mass is 577 g/mol. The molecule has 1 aliphatic heterocycles. The van der Waals surface area contributed by atoms with Crippen molar-refractivity contribution in [2.24, 2.45) is 9.98 Å². The van der Waals surface area contributed by atoms with Gasteiger partial charge in [-0.3, -0.25) is 0 Å². The maximum Gasteiger partial charge on any atom is 0.170 e. The van der Waals surface area contributed by atoms with Gasteiger partial charge in [-0.25, -0.2) is 9.98 Å². The van der Waals surface area contributed by atoms with Gasteiger partial charge in [0.25, 0.3) is 0 Å². The zero-order valence-corrected chi connectivity index (χ0v) is 24.3. The largest absolute Gasteiger partial charge is 0.456 e. The van der Waals surface area contributed by atoms with Crippen LogP contribution < -0.4 is 5.32 Å². The SMILES string of the molecule is c1ccc(-c2ccccc2C2=NC(c3cccc4oc5ccccc5c34)N=C(c3ccc4ccc5ccccc5c4c3)N2)cc1. The summed E-state index contributed by atoms with van der Waals surface area (Å²) in [6, 6.07) is 52.8. The number of furan rings is 1. The molecule has 0 saturated heterocycles. The molecule has 0 fully saturated rings. The second kappa shape index (κ2) is 10.3. The van der Waals surface area contributed by atoms with Crippen molar-refractivity contribution in [1.29, 1.82) is 0 Å². The van der Waals surface area contributed by atoms with E-state index >= 15 is 0 Å². The first kappa shape index (κ1) is 25.5. The predicted octanol–water partition coefficient (Wildman–Crippen LogP) is 10.1. The minimum Gasteiger partial charge on any atom is -0.456 e. The predicted molar refractivity (Wildman–Crippen MR) is 186 cm³/mol. The summed E-state index contributed by atoms with van der Waals surface area (Å²) in [6.07, 6.45) is -0.479. The van der Waals surface area contributed by atoms with Crippen molar-refractivity contribution < 1.29 is 4.42 Å². The lowest BCUT2D eigenvalue weighted by molar-refractivity contribution is 0.667. The highest BCUT2D eigenvalue weighted by Gasteiger charge is 2.25. The summed E-state index contributed by atoms with van der Waals surface area (Å²) in [5.74, 6) is 1.57. The quantitative estimate of drug-likeness (QED) is 0.212. The summed E-state index contributed by atoms with van der Waals surface area (Å²) < 4.78 is 6.26. The average molecular weight is 578 g/mol. The number of amidine groups is 2. The molecule has 4 nitrogen and oxygen atoms in total. The summed E-state index contributed by atoms with van der Waals surface area (Å²) >= 11 is 0. The van der Waals surface area contributed by atoms with E-state index in [4.69, 9.17) is 14.4 Å². The molecule has 0 radical (unpaired) electrons.